The number of benzene rings is 1. The molecule has 0 N–H and O–H groups in total. The Labute approximate surface area is 176 Å². The van der Waals surface area contributed by atoms with Gasteiger partial charge < -0.3 is 9.30 Å². The molecule has 3 aliphatic rings. The molecule has 30 heavy (non-hydrogen) atoms. The van der Waals surface area contributed by atoms with Crippen molar-refractivity contribution in [3.05, 3.63) is 35.8 Å². The van der Waals surface area contributed by atoms with Gasteiger partial charge in [-0.2, -0.15) is 0 Å². The van der Waals surface area contributed by atoms with Crippen molar-refractivity contribution in [1.82, 2.24) is 14.5 Å². The third-order valence-corrected chi connectivity index (χ3v) is 8.99. The first kappa shape index (κ1) is 18.8. The number of imidazole rings is 1. The van der Waals surface area contributed by atoms with Gasteiger partial charge in [0.1, 0.15) is 17.1 Å². The average Bonchev–Trinajstić information content (AvgIpc) is 3.62. The Hall–Kier alpha value is -1.99. The van der Waals surface area contributed by atoms with Crippen molar-refractivity contribution in [2.45, 2.75) is 74.5 Å². The number of aromatic nitrogens is 3. The van der Waals surface area contributed by atoms with Gasteiger partial charge in [0.2, 0.25) is 0 Å². The van der Waals surface area contributed by atoms with E-state index in [0.29, 0.717) is 18.3 Å². The molecule has 0 spiro atoms. The van der Waals surface area contributed by atoms with Crippen molar-refractivity contribution in [3.8, 4) is 0 Å². The number of ether oxygens (including phenoxy) is 1. The maximum atomic E-state index is 12.9. The van der Waals surface area contributed by atoms with Crippen LogP contribution in [0.15, 0.2) is 24.4 Å². The predicted molar refractivity (Wildman–Crippen MR) is 116 cm³/mol. The molecule has 3 aromatic rings. The van der Waals surface area contributed by atoms with Crippen molar-refractivity contribution in [2.75, 3.05) is 6.61 Å². The third-order valence-electron chi connectivity index (χ3n) is 6.85. The Balaban J connectivity index is 1.57. The highest BCUT2D eigenvalue weighted by Gasteiger charge is 2.37. The lowest BCUT2D eigenvalue weighted by molar-refractivity contribution is 0.00636. The van der Waals surface area contributed by atoms with Crippen molar-refractivity contribution < 1.29 is 13.2 Å². The highest BCUT2D eigenvalue weighted by molar-refractivity contribution is 7.91. The Kier molecular flexibility index (Phi) is 4.22. The van der Waals surface area contributed by atoms with Crippen molar-refractivity contribution in [1.29, 1.82) is 0 Å². The average molecular weight is 426 g/mol. The lowest BCUT2D eigenvalue weighted by Crippen LogP contribution is -2.27. The zero-order chi connectivity index (χ0) is 20.5. The number of hydrogen-bond donors (Lipinski definition) is 0. The summed E-state index contributed by atoms with van der Waals surface area (Å²) in [5.74, 6) is 1.34. The molecule has 0 radical (unpaired) electrons. The van der Waals surface area contributed by atoms with Gasteiger partial charge in [-0.3, -0.25) is 4.98 Å². The molecule has 0 amide bonds. The van der Waals surface area contributed by atoms with Gasteiger partial charge in [0.05, 0.1) is 28.6 Å². The molecule has 2 aliphatic carbocycles. The minimum absolute atomic E-state index is 0.0158. The molecule has 2 saturated carbocycles. The van der Waals surface area contributed by atoms with Crippen LogP contribution >= 0.6 is 0 Å². The van der Waals surface area contributed by atoms with E-state index in [1.165, 1.54) is 18.4 Å². The summed E-state index contributed by atoms with van der Waals surface area (Å²) in [6.45, 7) is 2.79. The lowest BCUT2D eigenvalue weighted by Gasteiger charge is -2.30. The fourth-order valence-corrected chi connectivity index (χ4v) is 6.60. The summed E-state index contributed by atoms with van der Waals surface area (Å²) in [7, 11) is -3.16. The molecule has 2 aromatic heterocycles. The molecule has 6 rings (SSSR count). The van der Waals surface area contributed by atoms with E-state index >= 15 is 0 Å². The first-order valence-electron chi connectivity index (χ1n) is 11.1. The van der Waals surface area contributed by atoms with E-state index in [-0.39, 0.29) is 23.1 Å². The van der Waals surface area contributed by atoms with Crippen LogP contribution in [0.5, 0.6) is 0 Å². The van der Waals surface area contributed by atoms with Gasteiger partial charge in [-0.25, -0.2) is 13.4 Å². The number of rotatable bonds is 5. The summed E-state index contributed by atoms with van der Waals surface area (Å²) in [4.78, 5) is 9.47. The first-order valence-corrected chi connectivity index (χ1v) is 12.8. The van der Waals surface area contributed by atoms with Crippen LogP contribution in [0.25, 0.3) is 21.9 Å². The molecule has 2 atom stereocenters. The van der Waals surface area contributed by atoms with E-state index < -0.39 is 9.84 Å². The standard InChI is InChI=1S/C23H27N3O3S/c1-14-10-17(8-9-29-14)26-22(13-30(27,28)18-5-6-18)25-21-12-24-20-7-4-16(15-2-3-15)11-19(20)23(21)26/h4,7,11-12,14-15,17-18H,2-3,5-6,8-10,13H2,1H3/t14-,17?/m1/s1. The maximum absolute atomic E-state index is 12.9. The lowest BCUT2D eigenvalue weighted by atomic mass is 10.0. The van der Waals surface area contributed by atoms with E-state index in [2.05, 4.69) is 34.7 Å². The van der Waals surface area contributed by atoms with E-state index in [1.54, 1.807) is 6.20 Å². The second-order valence-corrected chi connectivity index (χ2v) is 11.6. The summed E-state index contributed by atoms with van der Waals surface area (Å²) < 4.78 is 33.7. The Morgan fingerprint density at radius 3 is 2.70 bits per heavy atom. The second-order valence-electron chi connectivity index (χ2n) is 9.31. The zero-order valence-electron chi connectivity index (χ0n) is 17.3. The number of hydrogen-bond acceptors (Lipinski definition) is 5. The fourth-order valence-electron chi connectivity index (χ4n) is 4.94. The summed E-state index contributed by atoms with van der Waals surface area (Å²) in [6.07, 6.45) is 7.77. The van der Waals surface area contributed by atoms with Gasteiger partial charge in [-0.1, -0.05) is 6.07 Å². The van der Waals surface area contributed by atoms with E-state index in [0.717, 1.165) is 47.6 Å². The summed E-state index contributed by atoms with van der Waals surface area (Å²) >= 11 is 0. The van der Waals surface area contributed by atoms with Crippen LogP contribution < -0.4 is 0 Å². The molecule has 1 aliphatic heterocycles. The van der Waals surface area contributed by atoms with Crippen LogP contribution in [0.3, 0.4) is 0 Å². The molecule has 6 nitrogen and oxygen atoms in total. The number of nitrogens with zero attached hydrogens (tertiary/aromatic N) is 3. The zero-order valence-corrected chi connectivity index (χ0v) is 18.1. The van der Waals surface area contributed by atoms with Crippen LogP contribution in [0.2, 0.25) is 0 Å². The number of sulfone groups is 1. The highest BCUT2D eigenvalue weighted by Crippen LogP contribution is 2.42. The molecular formula is C23H27N3O3S. The molecule has 1 saturated heterocycles. The normalized spacial score (nSPS) is 25.2. The monoisotopic (exact) mass is 425 g/mol. The topological polar surface area (TPSA) is 74.1 Å². The molecule has 0 bridgehead atoms. The van der Waals surface area contributed by atoms with Crippen LogP contribution in [-0.4, -0.2) is 40.9 Å². The molecule has 1 aromatic carbocycles. The molecule has 158 valence electrons. The first-order chi connectivity index (χ1) is 14.5. The van der Waals surface area contributed by atoms with Gasteiger partial charge in [-0.05, 0) is 69.1 Å². The van der Waals surface area contributed by atoms with Gasteiger partial charge in [-0.15, -0.1) is 0 Å². The van der Waals surface area contributed by atoms with Crippen LogP contribution in [0.1, 0.15) is 68.8 Å². The Morgan fingerprint density at radius 2 is 1.97 bits per heavy atom. The fraction of sp³-hybridized carbons (Fsp3) is 0.565. The summed E-state index contributed by atoms with van der Waals surface area (Å²) in [5.41, 5.74) is 4.15. The Bertz CT molecular complexity index is 1240. The largest absolute Gasteiger partial charge is 0.378 e. The van der Waals surface area contributed by atoms with E-state index in [1.807, 2.05) is 0 Å². The Morgan fingerprint density at radius 1 is 1.13 bits per heavy atom. The molecule has 7 heteroatoms. The predicted octanol–water partition coefficient (Wildman–Crippen LogP) is 4.28. The quantitative estimate of drug-likeness (QED) is 0.610. The van der Waals surface area contributed by atoms with Gasteiger partial charge in [0, 0.05) is 18.0 Å². The SMILES string of the molecule is C[C@@H]1CC(n2c(CS(=O)(=O)C3CC3)nc3cnc4ccc(C5CC5)cc4c32)CCO1. The van der Waals surface area contributed by atoms with Gasteiger partial charge in [0.15, 0.2) is 9.84 Å². The summed E-state index contributed by atoms with van der Waals surface area (Å²) in [5, 5.41) is 0.911. The van der Waals surface area contributed by atoms with Crippen molar-refractivity contribution in [2.24, 2.45) is 0 Å². The number of pyridine rings is 1. The van der Waals surface area contributed by atoms with Crippen molar-refractivity contribution >= 4 is 31.8 Å². The second kappa shape index (κ2) is 6.76. The summed E-state index contributed by atoms with van der Waals surface area (Å²) in [6, 6.07) is 6.75. The number of fused-ring (bicyclic) bond motifs is 3. The van der Waals surface area contributed by atoms with Gasteiger partial charge in [0.25, 0.3) is 0 Å². The van der Waals surface area contributed by atoms with Gasteiger partial charge >= 0.3 is 0 Å². The molecule has 1 unspecified atom stereocenters. The highest BCUT2D eigenvalue weighted by atomic mass is 32.2. The van der Waals surface area contributed by atoms with E-state index in [4.69, 9.17) is 9.72 Å². The molecule has 3 fully saturated rings. The molecular weight excluding hydrogens is 398 g/mol. The van der Waals surface area contributed by atoms with E-state index in [9.17, 15) is 8.42 Å². The van der Waals surface area contributed by atoms with Crippen LogP contribution in [0.4, 0.5) is 0 Å². The maximum Gasteiger partial charge on any atom is 0.160 e. The minimum Gasteiger partial charge on any atom is -0.378 e. The molecule has 3 heterocycles. The third kappa shape index (κ3) is 3.23. The van der Waals surface area contributed by atoms with Crippen LogP contribution in [0, 0.1) is 0 Å². The van der Waals surface area contributed by atoms with Crippen molar-refractivity contribution in [3.63, 3.8) is 0 Å². The minimum atomic E-state index is -3.16. The smallest absolute Gasteiger partial charge is 0.160 e. The van der Waals surface area contributed by atoms with Crippen LogP contribution in [-0.2, 0) is 20.3 Å².